The van der Waals surface area contributed by atoms with Gasteiger partial charge in [-0.25, -0.2) is 4.98 Å². The minimum atomic E-state index is -0.641. The molecule has 1 heterocycles. The van der Waals surface area contributed by atoms with Gasteiger partial charge in [-0.1, -0.05) is 34.1 Å². The standard InChI is InChI=1S/C16H28N2O2S/c1-6-8-16(11-17,14(19)20-7-2)9-13-18-12(10-21-13)15(3,4)5/h10H,6-9,11,17H2,1-5H3. The fraction of sp³-hybridized carbons (Fsp3) is 0.750. The summed E-state index contributed by atoms with van der Waals surface area (Å²) in [6.07, 6.45) is 2.19. The molecule has 0 radical (unpaired) electrons. The number of ether oxygens (including phenoxy) is 1. The van der Waals surface area contributed by atoms with Crippen molar-refractivity contribution < 1.29 is 9.53 Å². The Morgan fingerprint density at radius 2 is 2.05 bits per heavy atom. The maximum absolute atomic E-state index is 12.4. The van der Waals surface area contributed by atoms with Gasteiger partial charge < -0.3 is 10.5 Å². The third-order valence-electron chi connectivity index (χ3n) is 3.64. The van der Waals surface area contributed by atoms with Gasteiger partial charge in [0.15, 0.2) is 0 Å². The van der Waals surface area contributed by atoms with E-state index in [1.54, 1.807) is 11.3 Å². The SMILES string of the molecule is CCCC(CN)(Cc1nc(C(C)(C)C)cs1)C(=O)OCC. The summed E-state index contributed by atoms with van der Waals surface area (Å²) in [4.78, 5) is 17.1. The van der Waals surface area contributed by atoms with E-state index in [9.17, 15) is 4.79 Å². The Morgan fingerprint density at radius 1 is 1.38 bits per heavy atom. The number of nitrogens with zero attached hydrogens (tertiary/aromatic N) is 1. The highest BCUT2D eigenvalue weighted by atomic mass is 32.1. The van der Waals surface area contributed by atoms with Gasteiger partial charge in [0.2, 0.25) is 0 Å². The highest BCUT2D eigenvalue weighted by Crippen LogP contribution is 2.32. The molecule has 1 aromatic heterocycles. The molecule has 0 bridgehead atoms. The highest BCUT2D eigenvalue weighted by Gasteiger charge is 2.39. The Bertz CT molecular complexity index is 465. The molecule has 120 valence electrons. The van der Waals surface area contributed by atoms with E-state index in [2.05, 4.69) is 33.1 Å². The van der Waals surface area contributed by atoms with E-state index in [0.717, 1.165) is 23.5 Å². The van der Waals surface area contributed by atoms with Crippen molar-refractivity contribution >= 4 is 17.3 Å². The van der Waals surface area contributed by atoms with Gasteiger partial charge in [0.25, 0.3) is 0 Å². The second kappa shape index (κ2) is 7.36. The second-order valence-corrected chi connectivity index (χ2v) is 7.45. The van der Waals surface area contributed by atoms with Crippen LogP contribution in [0.15, 0.2) is 5.38 Å². The molecule has 0 amide bonds. The first-order valence-electron chi connectivity index (χ1n) is 7.61. The van der Waals surface area contributed by atoms with Crippen molar-refractivity contribution in [3.05, 3.63) is 16.1 Å². The normalized spacial score (nSPS) is 14.8. The van der Waals surface area contributed by atoms with Gasteiger partial charge >= 0.3 is 5.97 Å². The fourth-order valence-corrected chi connectivity index (χ4v) is 3.47. The Labute approximate surface area is 132 Å². The summed E-state index contributed by atoms with van der Waals surface area (Å²) < 4.78 is 5.26. The molecule has 0 aliphatic heterocycles. The van der Waals surface area contributed by atoms with Crippen molar-refractivity contribution in [3.8, 4) is 0 Å². The van der Waals surface area contributed by atoms with Crippen LogP contribution in [0.1, 0.15) is 58.2 Å². The molecule has 1 rings (SSSR count). The van der Waals surface area contributed by atoms with E-state index in [1.807, 2.05) is 6.92 Å². The van der Waals surface area contributed by atoms with Crippen molar-refractivity contribution in [1.82, 2.24) is 4.98 Å². The van der Waals surface area contributed by atoms with Gasteiger partial charge in [0, 0.05) is 23.8 Å². The Hall–Kier alpha value is -0.940. The lowest BCUT2D eigenvalue weighted by atomic mass is 9.80. The van der Waals surface area contributed by atoms with Crippen LogP contribution in [0.25, 0.3) is 0 Å². The van der Waals surface area contributed by atoms with E-state index in [1.165, 1.54) is 0 Å². The summed E-state index contributed by atoms with van der Waals surface area (Å²) in [6, 6.07) is 0. The van der Waals surface area contributed by atoms with Gasteiger partial charge in [0.05, 0.1) is 22.7 Å². The van der Waals surface area contributed by atoms with Crippen LogP contribution in [-0.4, -0.2) is 24.1 Å². The lowest BCUT2D eigenvalue weighted by molar-refractivity contribution is -0.155. The van der Waals surface area contributed by atoms with Crippen LogP contribution in [0.5, 0.6) is 0 Å². The molecule has 1 unspecified atom stereocenters. The molecule has 1 atom stereocenters. The molecule has 0 saturated carbocycles. The molecule has 0 aromatic carbocycles. The summed E-state index contributed by atoms with van der Waals surface area (Å²) in [6.45, 7) is 11.0. The molecule has 0 saturated heterocycles. The molecule has 4 nitrogen and oxygen atoms in total. The highest BCUT2D eigenvalue weighted by molar-refractivity contribution is 7.09. The number of esters is 1. The molecular weight excluding hydrogens is 284 g/mol. The summed E-state index contributed by atoms with van der Waals surface area (Å²) in [5.74, 6) is -0.193. The lowest BCUT2D eigenvalue weighted by Gasteiger charge is -2.29. The van der Waals surface area contributed by atoms with Gasteiger partial charge in [-0.2, -0.15) is 0 Å². The van der Waals surface area contributed by atoms with Gasteiger partial charge in [-0.3, -0.25) is 4.79 Å². The number of aromatic nitrogens is 1. The molecule has 5 heteroatoms. The van der Waals surface area contributed by atoms with Crippen molar-refractivity contribution in [2.24, 2.45) is 11.1 Å². The van der Waals surface area contributed by atoms with Gasteiger partial charge in [-0.05, 0) is 13.3 Å². The van der Waals surface area contributed by atoms with Crippen LogP contribution in [0, 0.1) is 5.41 Å². The van der Waals surface area contributed by atoms with Crippen LogP contribution in [0.2, 0.25) is 0 Å². The Kier molecular flexibility index (Phi) is 6.35. The molecule has 0 spiro atoms. The number of carbonyl (C=O) groups is 1. The summed E-state index contributed by atoms with van der Waals surface area (Å²) in [5, 5.41) is 3.04. The van der Waals surface area contributed by atoms with Crippen LogP contribution >= 0.6 is 11.3 Å². The van der Waals surface area contributed by atoms with E-state index < -0.39 is 5.41 Å². The summed E-state index contributed by atoms with van der Waals surface area (Å²) in [7, 11) is 0. The number of thiazole rings is 1. The Morgan fingerprint density at radius 3 is 2.48 bits per heavy atom. The average Bonchev–Trinajstić information content (AvgIpc) is 2.86. The molecule has 0 fully saturated rings. The van der Waals surface area contributed by atoms with Crippen molar-refractivity contribution in [3.63, 3.8) is 0 Å². The molecule has 0 aliphatic carbocycles. The van der Waals surface area contributed by atoms with Crippen LogP contribution in [0.3, 0.4) is 0 Å². The number of carbonyl (C=O) groups excluding carboxylic acids is 1. The predicted octanol–water partition coefficient (Wildman–Crippen LogP) is 3.29. The first-order chi connectivity index (χ1) is 9.79. The zero-order valence-electron chi connectivity index (χ0n) is 13.9. The fourth-order valence-electron chi connectivity index (χ4n) is 2.31. The first-order valence-corrected chi connectivity index (χ1v) is 8.49. The van der Waals surface area contributed by atoms with Crippen LogP contribution in [-0.2, 0) is 21.4 Å². The second-order valence-electron chi connectivity index (χ2n) is 6.51. The van der Waals surface area contributed by atoms with Crippen LogP contribution in [0.4, 0.5) is 0 Å². The van der Waals surface area contributed by atoms with E-state index in [0.29, 0.717) is 19.6 Å². The summed E-state index contributed by atoms with van der Waals surface area (Å²) in [5.41, 5.74) is 6.39. The van der Waals surface area contributed by atoms with Gasteiger partial charge in [-0.15, -0.1) is 11.3 Å². The topological polar surface area (TPSA) is 65.2 Å². The maximum Gasteiger partial charge on any atom is 0.313 e. The van der Waals surface area contributed by atoms with E-state index in [4.69, 9.17) is 15.5 Å². The smallest absolute Gasteiger partial charge is 0.313 e. The van der Waals surface area contributed by atoms with Crippen LogP contribution < -0.4 is 5.73 Å². The summed E-state index contributed by atoms with van der Waals surface area (Å²) >= 11 is 1.61. The monoisotopic (exact) mass is 312 g/mol. The molecular formula is C16H28N2O2S. The van der Waals surface area contributed by atoms with E-state index in [-0.39, 0.29) is 11.4 Å². The largest absolute Gasteiger partial charge is 0.466 e. The molecule has 1 aromatic rings. The Balaban J connectivity index is 3.00. The molecule has 21 heavy (non-hydrogen) atoms. The molecule has 0 aliphatic rings. The van der Waals surface area contributed by atoms with Gasteiger partial charge in [0.1, 0.15) is 0 Å². The van der Waals surface area contributed by atoms with Crippen molar-refractivity contribution in [1.29, 1.82) is 0 Å². The maximum atomic E-state index is 12.4. The lowest BCUT2D eigenvalue weighted by Crippen LogP contribution is -2.42. The van der Waals surface area contributed by atoms with Crippen molar-refractivity contribution in [2.75, 3.05) is 13.2 Å². The zero-order valence-corrected chi connectivity index (χ0v) is 14.7. The number of hydrogen-bond acceptors (Lipinski definition) is 5. The predicted molar refractivity (Wildman–Crippen MR) is 87.5 cm³/mol. The quantitative estimate of drug-likeness (QED) is 0.785. The molecule has 2 N–H and O–H groups in total. The van der Waals surface area contributed by atoms with E-state index >= 15 is 0 Å². The number of nitrogens with two attached hydrogens (primary N) is 1. The number of rotatable bonds is 7. The zero-order chi connectivity index (χ0) is 16.1. The third kappa shape index (κ3) is 4.51. The first kappa shape index (κ1) is 18.1. The van der Waals surface area contributed by atoms with Crippen molar-refractivity contribution in [2.45, 2.75) is 59.3 Å². The average molecular weight is 312 g/mol. The number of hydrogen-bond donors (Lipinski definition) is 1. The minimum Gasteiger partial charge on any atom is -0.466 e. The minimum absolute atomic E-state index is 0.0226. The third-order valence-corrected chi connectivity index (χ3v) is 4.49.